The molecule has 0 aliphatic heterocycles. The second-order valence-corrected chi connectivity index (χ2v) is 4.57. The summed E-state index contributed by atoms with van der Waals surface area (Å²) >= 11 is 6.02. The summed E-state index contributed by atoms with van der Waals surface area (Å²) in [6, 6.07) is 3.71. The Hall–Kier alpha value is -1.35. The number of aryl methyl sites for hydroxylation is 1. The lowest BCUT2D eigenvalue weighted by Gasteiger charge is -2.09. The van der Waals surface area contributed by atoms with Crippen molar-refractivity contribution in [2.24, 2.45) is 0 Å². The summed E-state index contributed by atoms with van der Waals surface area (Å²) in [5.74, 6) is 0.0740. The van der Waals surface area contributed by atoms with E-state index in [-0.39, 0.29) is 11.5 Å². The molecule has 0 saturated carbocycles. The Morgan fingerprint density at radius 1 is 1.38 bits per heavy atom. The van der Waals surface area contributed by atoms with Gasteiger partial charge in [0, 0.05) is 6.20 Å². The molecule has 2 aromatic rings. The van der Waals surface area contributed by atoms with Crippen molar-refractivity contribution in [2.45, 2.75) is 26.7 Å². The lowest BCUT2D eigenvalue weighted by Crippen LogP contribution is -2.21. The van der Waals surface area contributed by atoms with Gasteiger partial charge in [-0.25, -0.2) is 4.98 Å². The molecule has 0 unspecified atom stereocenters. The van der Waals surface area contributed by atoms with Gasteiger partial charge in [0.2, 0.25) is 0 Å². The van der Waals surface area contributed by atoms with E-state index in [1.165, 1.54) is 0 Å². The quantitative estimate of drug-likeness (QED) is 0.714. The maximum atomic E-state index is 12.2. The summed E-state index contributed by atoms with van der Waals surface area (Å²) in [6.07, 6.45) is 1.78. The van der Waals surface area contributed by atoms with Crippen LogP contribution in [0.25, 0.3) is 5.65 Å². The zero-order valence-electron chi connectivity index (χ0n) is 9.49. The van der Waals surface area contributed by atoms with Crippen molar-refractivity contribution in [1.82, 2.24) is 9.38 Å². The molecule has 0 amide bonds. The normalized spacial score (nSPS) is 11.3. The highest BCUT2D eigenvalue weighted by Crippen LogP contribution is 2.19. The van der Waals surface area contributed by atoms with Crippen LogP contribution in [0.5, 0.6) is 0 Å². The third-order valence-corrected chi connectivity index (χ3v) is 2.82. The third-order valence-electron chi connectivity index (χ3n) is 2.54. The number of nitrogens with zero attached hydrogens (tertiary/aromatic N) is 2. The van der Waals surface area contributed by atoms with E-state index < -0.39 is 0 Å². The van der Waals surface area contributed by atoms with E-state index in [2.05, 4.69) is 4.98 Å². The molecule has 0 radical (unpaired) electrons. The SMILES string of the molecule is Cc1ccc2nc(Cl)c(C(C)C)c(=O)n2c1. The van der Waals surface area contributed by atoms with Crippen LogP contribution >= 0.6 is 11.6 Å². The average Bonchev–Trinajstić information content (AvgIpc) is 2.19. The zero-order chi connectivity index (χ0) is 11.9. The highest BCUT2D eigenvalue weighted by Gasteiger charge is 2.13. The van der Waals surface area contributed by atoms with Gasteiger partial charge in [0.25, 0.3) is 5.56 Å². The first-order chi connectivity index (χ1) is 7.50. The number of rotatable bonds is 1. The minimum atomic E-state index is -0.0753. The maximum absolute atomic E-state index is 12.2. The fraction of sp³-hybridized carbons (Fsp3) is 0.333. The molecule has 84 valence electrons. The van der Waals surface area contributed by atoms with Crippen LogP contribution in [0.15, 0.2) is 23.1 Å². The maximum Gasteiger partial charge on any atom is 0.262 e. The van der Waals surface area contributed by atoms with Gasteiger partial charge in [-0.15, -0.1) is 0 Å². The molecule has 2 heterocycles. The summed E-state index contributed by atoms with van der Waals surface area (Å²) in [5, 5.41) is 0.309. The van der Waals surface area contributed by atoms with Crippen LogP contribution in [0.3, 0.4) is 0 Å². The second kappa shape index (κ2) is 3.91. The van der Waals surface area contributed by atoms with E-state index in [9.17, 15) is 4.79 Å². The van der Waals surface area contributed by atoms with Gasteiger partial charge in [0.1, 0.15) is 10.8 Å². The van der Waals surface area contributed by atoms with Crippen LogP contribution in [0, 0.1) is 6.92 Å². The molecule has 16 heavy (non-hydrogen) atoms. The number of pyridine rings is 1. The first-order valence-corrected chi connectivity index (χ1v) is 5.57. The van der Waals surface area contributed by atoms with Gasteiger partial charge < -0.3 is 0 Å². The van der Waals surface area contributed by atoms with Gasteiger partial charge in [-0.2, -0.15) is 0 Å². The van der Waals surface area contributed by atoms with Crippen molar-refractivity contribution in [3.63, 3.8) is 0 Å². The van der Waals surface area contributed by atoms with Crippen LogP contribution in [-0.4, -0.2) is 9.38 Å². The van der Waals surface area contributed by atoms with Crippen molar-refractivity contribution in [1.29, 1.82) is 0 Å². The molecule has 0 aliphatic rings. The van der Waals surface area contributed by atoms with Gasteiger partial charge in [-0.05, 0) is 24.5 Å². The minimum Gasteiger partial charge on any atom is -0.269 e. The largest absolute Gasteiger partial charge is 0.269 e. The Labute approximate surface area is 98.7 Å². The summed E-state index contributed by atoms with van der Waals surface area (Å²) in [5.41, 5.74) is 2.11. The number of hydrogen-bond acceptors (Lipinski definition) is 2. The summed E-state index contributed by atoms with van der Waals surface area (Å²) in [7, 11) is 0. The Kier molecular flexibility index (Phi) is 2.72. The Bertz CT molecular complexity index is 602. The summed E-state index contributed by atoms with van der Waals surface area (Å²) in [4.78, 5) is 16.4. The van der Waals surface area contributed by atoms with E-state index in [4.69, 9.17) is 11.6 Å². The fourth-order valence-electron chi connectivity index (χ4n) is 1.72. The Balaban J connectivity index is 2.91. The van der Waals surface area contributed by atoms with Crippen molar-refractivity contribution in [3.05, 3.63) is 45.0 Å². The zero-order valence-corrected chi connectivity index (χ0v) is 10.2. The van der Waals surface area contributed by atoms with E-state index in [0.29, 0.717) is 16.4 Å². The number of fused-ring (bicyclic) bond motifs is 1. The average molecular weight is 237 g/mol. The number of aromatic nitrogens is 2. The van der Waals surface area contributed by atoms with E-state index in [1.54, 1.807) is 16.7 Å². The van der Waals surface area contributed by atoms with Gasteiger partial charge in [0.15, 0.2) is 0 Å². The topological polar surface area (TPSA) is 34.4 Å². The van der Waals surface area contributed by atoms with E-state index >= 15 is 0 Å². The van der Waals surface area contributed by atoms with Gasteiger partial charge in [-0.1, -0.05) is 31.5 Å². The van der Waals surface area contributed by atoms with Crippen LogP contribution in [0.2, 0.25) is 5.15 Å². The van der Waals surface area contributed by atoms with Crippen LogP contribution in [0.1, 0.15) is 30.9 Å². The fourth-order valence-corrected chi connectivity index (χ4v) is 2.10. The van der Waals surface area contributed by atoms with Crippen molar-refractivity contribution < 1.29 is 0 Å². The third kappa shape index (κ3) is 1.71. The molecule has 0 bridgehead atoms. The molecule has 3 nitrogen and oxygen atoms in total. The van der Waals surface area contributed by atoms with Crippen molar-refractivity contribution >= 4 is 17.2 Å². The van der Waals surface area contributed by atoms with Crippen molar-refractivity contribution in [2.75, 3.05) is 0 Å². The Morgan fingerprint density at radius 3 is 2.69 bits per heavy atom. The second-order valence-electron chi connectivity index (χ2n) is 4.21. The minimum absolute atomic E-state index is 0.0740. The summed E-state index contributed by atoms with van der Waals surface area (Å²) < 4.78 is 1.55. The predicted octanol–water partition coefficient (Wildman–Crippen LogP) is 2.78. The van der Waals surface area contributed by atoms with Gasteiger partial charge >= 0.3 is 0 Å². The highest BCUT2D eigenvalue weighted by atomic mass is 35.5. The van der Waals surface area contributed by atoms with Crippen LogP contribution < -0.4 is 5.56 Å². The smallest absolute Gasteiger partial charge is 0.262 e. The predicted molar refractivity (Wildman–Crippen MR) is 65.3 cm³/mol. The molecule has 2 rings (SSSR count). The molecule has 0 atom stereocenters. The van der Waals surface area contributed by atoms with E-state index in [1.807, 2.05) is 26.8 Å². The first-order valence-electron chi connectivity index (χ1n) is 5.19. The highest BCUT2D eigenvalue weighted by molar-refractivity contribution is 6.30. The molecule has 0 saturated heterocycles. The number of hydrogen-bond donors (Lipinski definition) is 0. The molecule has 0 fully saturated rings. The van der Waals surface area contributed by atoms with Crippen LogP contribution in [0.4, 0.5) is 0 Å². The van der Waals surface area contributed by atoms with Gasteiger partial charge in [-0.3, -0.25) is 9.20 Å². The molecule has 0 N–H and O–H groups in total. The Morgan fingerprint density at radius 2 is 2.06 bits per heavy atom. The van der Waals surface area contributed by atoms with E-state index in [0.717, 1.165) is 5.56 Å². The van der Waals surface area contributed by atoms with Crippen LogP contribution in [-0.2, 0) is 0 Å². The molecular weight excluding hydrogens is 224 g/mol. The molecule has 0 aliphatic carbocycles. The molecule has 0 spiro atoms. The first kappa shape index (κ1) is 11.1. The lowest BCUT2D eigenvalue weighted by atomic mass is 10.1. The summed E-state index contributed by atoms with van der Waals surface area (Å²) in [6.45, 7) is 5.81. The monoisotopic (exact) mass is 236 g/mol. The van der Waals surface area contributed by atoms with Crippen molar-refractivity contribution in [3.8, 4) is 0 Å². The molecule has 0 aromatic carbocycles. The number of halogens is 1. The molecular formula is C12H13ClN2O. The molecule has 4 heteroatoms. The lowest BCUT2D eigenvalue weighted by molar-refractivity contribution is 0.821. The van der Waals surface area contributed by atoms with Gasteiger partial charge in [0.05, 0.1) is 5.56 Å². The standard InChI is InChI=1S/C12H13ClN2O/c1-7(2)10-11(13)14-9-5-4-8(3)6-15(9)12(10)16/h4-7H,1-3H3. The molecule has 2 aromatic heterocycles.